The standard InChI is InChI=1S/C24H22N4O2/c29-23-17-13-18(28-22(17)24(14-27-23)6-9-25-10-7-24)15-5-8-26-19(11-15)21-12-16-3-1-2-4-20(16)30-21/h1-5,8,11-13,25,28H,6-7,9-10,14H2,(H,27,29). The summed E-state index contributed by atoms with van der Waals surface area (Å²) in [5.74, 6) is 0.741. The molecule has 6 nitrogen and oxygen atoms in total. The molecule has 1 aromatic carbocycles. The molecule has 4 aromatic rings. The summed E-state index contributed by atoms with van der Waals surface area (Å²) in [6, 6.07) is 15.9. The Morgan fingerprint density at radius 1 is 1.03 bits per heavy atom. The Morgan fingerprint density at radius 3 is 2.77 bits per heavy atom. The second kappa shape index (κ2) is 6.57. The number of fused-ring (bicyclic) bond motifs is 3. The lowest BCUT2D eigenvalue weighted by molar-refractivity contribution is 0.0913. The fourth-order valence-electron chi connectivity index (χ4n) is 4.81. The van der Waals surface area contributed by atoms with E-state index in [4.69, 9.17) is 4.42 Å². The van der Waals surface area contributed by atoms with Crippen LogP contribution in [0.25, 0.3) is 33.7 Å². The van der Waals surface area contributed by atoms with Crippen molar-refractivity contribution < 1.29 is 9.21 Å². The molecule has 0 atom stereocenters. The summed E-state index contributed by atoms with van der Waals surface area (Å²) in [6.45, 7) is 2.63. The first-order chi connectivity index (χ1) is 14.7. The Balaban J connectivity index is 1.42. The number of para-hydroxylation sites is 1. The number of furan rings is 1. The van der Waals surface area contributed by atoms with Crippen molar-refractivity contribution in [3.8, 4) is 22.7 Å². The highest BCUT2D eigenvalue weighted by atomic mass is 16.3. The highest BCUT2D eigenvalue weighted by molar-refractivity contribution is 5.98. The third-order valence-corrected chi connectivity index (χ3v) is 6.49. The predicted octanol–water partition coefficient (Wildman–Crippen LogP) is 3.85. The van der Waals surface area contributed by atoms with E-state index in [0.29, 0.717) is 6.54 Å². The van der Waals surface area contributed by atoms with Crippen LogP contribution in [0.4, 0.5) is 0 Å². The highest BCUT2D eigenvalue weighted by Crippen LogP contribution is 2.39. The predicted molar refractivity (Wildman–Crippen MR) is 115 cm³/mol. The van der Waals surface area contributed by atoms with Gasteiger partial charge in [-0.3, -0.25) is 9.78 Å². The van der Waals surface area contributed by atoms with Crippen molar-refractivity contribution >= 4 is 16.9 Å². The van der Waals surface area contributed by atoms with Crippen molar-refractivity contribution in [2.75, 3.05) is 19.6 Å². The van der Waals surface area contributed by atoms with Gasteiger partial charge in [-0.05, 0) is 56.3 Å². The van der Waals surface area contributed by atoms with Crippen molar-refractivity contribution in [3.63, 3.8) is 0 Å². The maximum absolute atomic E-state index is 12.6. The number of benzene rings is 1. The Labute approximate surface area is 173 Å². The van der Waals surface area contributed by atoms with Crippen molar-refractivity contribution in [2.24, 2.45) is 0 Å². The molecular formula is C24H22N4O2. The van der Waals surface area contributed by atoms with E-state index in [9.17, 15) is 4.79 Å². The molecule has 1 saturated heterocycles. The van der Waals surface area contributed by atoms with Crippen molar-refractivity contribution in [1.29, 1.82) is 0 Å². The largest absolute Gasteiger partial charge is 0.454 e. The smallest absolute Gasteiger partial charge is 0.253 e. The molecule has 3 N–H and O–H groups in total. The number of carbonyl (C=O) groups excluding carboxylic acids is 1. The number of aromatic nitrogens is 2. The molecule has 5 heterocycles. The molecule has 150 valence electrons. The van der Waals surface area contributed by atoms with E-state index < -0.39 is 0 Å². The molecule has 6 rings (SSSR count). The topological polar surface area (TPSA) is 83.0 Å². The lowest BCUT2D eigenvalue weighted by Crippen LogP contribution is -2.51. The molecule has 1 fully saturated rings. The fraction of sp³-hybridized carbons (Fsp3) is 0.250. The van der Waals surface area contributed by atoms with Crippen molar-refractivity contribution in [3.05, 3.63) is 66.0 Å². The summed E-state index contributed by atoms with van der Waals surface area (Å²) in [4.78, 5) is 20.7. The molecule has 1 spiro atoms. The van der Waals surface area contributed by atoms with Gasteiger partial charge in [-0.2, -0.15) is 0 Å². The number of piperidine rings is 1. The van der Waals surface area contributed by atoms with Crippen LogP contribution in [0.3, 0.4) is 0 Å². The van der Waals surface area contributed by atoms with Gasteiger partial charge in [0.1, 0.15) is 11.3 Å². The minimum atomic E-state index is -0.0126. The van der Waals surface area contributed by atoms with E-state index in [1.807, 2.05) is 48.5 Å². The molecule has 0 radical (unpaired) electrons. The zero-order valence-corrected chi connectivity index (χ0v) is 16.5. The molecular weight excluding hydrogens is 376 g/mol. The number of hydrogen-bond acceptors (Lipinski definition) is 4. The number of rotatable bonds is 2. The van der Waals surface area contributed by atoms with Crippen LogP contribution >= 0.6 is 0 Å². The molecule has 0 aliphatic carbocycles. The number of aromatic amines is 1. The highest BCUT2D eigenvalue weighted by Gasteiger charge is 2.42. The van der Waals surface area contributed by atoms with Crippen LogP contribution < -0.4 is 10.6 Å². The number of hydrogen-bond donors (Lipinski definition) is 3. The van der Waals surface area contributed by atoms with Crippen LogP contribution in [-0.4, -0.2) is 35.5 Å². The number of carbonyl (C=O) groups is 1. The second-order valence-electron chi connectivity index (χ2n) is 8.26. The van der Waals surface area contributed by atoms with E-state index in [-0.39, 0.29) is 11.3 Å². The first-order valence-electron chi connectivity index (χ1n) is 10.4. The SMILES string of the molecule is O=C1NCC2(CCNCC2)c2[nH]c(-c3ccnc(-c4cc5ccccc5o4)c3)cc21. The minimum Gasteiger partial charge on any atom is -0.454 e. The Hall–Kier alpha value is -3.38. The van der Waals surface area contributed by atoms with E-state index in [2.05, 4.69) is 20.6 Å². The quantitative estimate of drug-likeness (QED) is 0.479. The summed E-state index contributed by atoms with van der Waals surface area (Å²) in [5, 5.41) is 7.58. The van der Waals surface area contributed by atoms with E-state index >= 15 is 0 Å². The maximum atomic E-state index is 12.6. The van der Waals surface area contributed by atoms with E-state index in [0.717, 1.165) is 70.9 Å². The Kier molecular flexibility index (Phi) is 3.83. The third kappa shape index (κ3) is 2.68. The zero-order chi connectivity index (χ0) is 20.1. The van der Waals surface area contributed by atoms with Crippen molar-refractivity contribution in [2.45, 2.75) is 18.3 Å². The van der Waals surface area contributed by atoms with Crippen LogP contribution in [0.1, 0.15) is 28.9 Å². The summed E-state index contributed by atoms with van der Waals surface area (Å²) in [6.07, 6.45) is 3.82. The minimum absolute atomic E-state index is 0.00298. The molecule has 2 aliphatic heterocycles. The van der Waals surface area contributed by atoms with Crippen LogP contribution in [0.2, 0.25) is 0 Å². The molecule has 0 unspecified atom stereocenters. The Morgan fingerprint density at radius 2 is 1.90 bits per heavy atom. The fourth-order valence-corrected chi connectivity index (χ4v) is 4.81. The summed E-state index contributed by atoms with van der Waals surface area (Å²) in [5.41, 5.74) is 5.38. The summed E-state index contributed by atoms with van der Waals surface area (Å²) in [7, 11) is 0. The number of H-pyrrole nitrogens is 1. The summed E-state index contributed by atoms with van der Waals surface area (Å²) >= 11 is 0. The molecule has 30 heavy (non-hydrogen) atoms. The molecule has 3 aromatic heterocycles. The number of nitrogens with one attached hydrogen (secondary N) is 3. The lowest BCUT2D eigenvalue weighted by Gasteiger charge is -2.40. The maximum Gasteiger partial charge on any atom is 0.253 e. The van der Waals surface area contributed by atoms with Gasteiger partial charge in [0.05, 0.1) is 5.56 Å². The summed E-state index contributed by atoms with van der Waals surface area (Å²) < 4.78 is 5.99. The van der Waals surface area contributed by atoms with Gasteiger partial charge in [0.2, 0.25) is 0 Å². The van der Waals surface area contributed by atoms with Crippen molar-refractivity contribution in [1.82, 2.24) is 20.6 Å². The van der Waals surface area contributed by atoms with Crippen LogP contribution in [0.5, 0.6) is 0 Å². The van der Waals surface area contributed by atoms with Crippen LogP contribution in [-0.2, 0) is 5.41 Å². The molecule has 0 bridgehead atoms. The van der Waals surface area contributed by atoms with Gasteiger partial charge in [-0.15, -0.1) is 0 Å². The first-order valence-corrected chi connectivity index (χ1v) is 10.4. The molecule has 2 aliphatic rings. The number of amides is 1. The van der Waals surface area contributed by atoms with Crippen LogP contribution in [0, 0.1) is 0 Å². The normalized spacial score (nSPS) is 17.8. The molecule has 1 amide bonds. The van der Waals surface area contributed by atoms with Gasteiger partial charge in [-0.25, -0.2) is 0 Å². The average molecular weight is 398 g/mol. The average Bonchev–Trinajstić information content (AvgIpc) is 3.43. The Bertz CT molecular complexity index is 1230. The monoisotopic (exact) mass is 398 g/mol. The van der Waals surface area contributed by atoms with E-state index in [1.165, 1.54) is 0 Å². The lowest BCUT2D eigenvalue weighted by atomic mass is 9.73. The van der Waals surface area contributed by atoms with Gasteiger partial charge >= 0.3 is 0 Å². The van der Waals surface area contributed by atoms with Crippen LogP contribution in [0.15, 0.2) is 59.1 Å². The molecule has 6 heteroatoms. The second-order valence-corrected chi connectivity index (χ2v) is 8.26. The number of pyridine rings is 1. The zero-order valence-electron chi connectivity index (χ0n) is 16.5. The van der Waals surface area contributed by atoms with Gasteiger partial charge < -0.3 is 20.0 Å². The molecule has 0 saturated carbocycles. The third-order valence-electron chi connectivity index (χ3n) is 6.49. The van der Waals surface area contributed by atoms with Gasteiger partial charge in [0.25, 0.3) is 5.91 Å². The first kappa shape index (κ1) is 17.5. The van der Waals surface area contributed by atoms with Gasteiger partial charge in [0.15, 0.2) is 5.76 Å². The van der Waals surface area contributed by atoms with Gasteiger partial charge in [-0.1, -0.05) is 18.2 Å². The van der Waals surface area contributed by atoms with Gasteiger partial charge in [0, 0.05) is 40.5 Å². The number of nitrogens with zero attached hydrogens (tertiary/aromatic N) is 1. The van der Waals surface area contributed by atoms with E-state index in [1.54, 1.807) is 6.20 Å².